The lowest BCUT2D eigenvalue weighted by Crippen LogP contribution is -2.10. The van der Waals surface area contributed by atoms with Gasteiger partial charge < -0.3 is 14.8 Å². The Kier molecular flexibility index (Phi) is 6.43. The highest BCUT2D eigenvalue weighted by Crippen LogP contribution is 2.35. The predicted octanol–water partition coefficient (Wildman–Crippen LogP) is 3.82. The molecule has 1 aromatic heterocycles. The monoisotopic (exact) mass is 429 g/mol. The van der Waals surface area contributed by atoms with Gasteiger partial charge in [-0.25, -0.2) is 4.68 Å². The van der Waals surface area contributed by atoms with Crippen molar-refractivity contribution in [2.75, 3.05) is 12.4 Å². The standard InChI is InChI=1S/C19H20BrN5O2/c1-3-9-25-19(22-23-24-25)21-12-15-10-16(20)11-17(26-2)18(15)27-13-14-7-5-4-6-8-14/h3-8,10-11H,1,9,12-13H2,2H3,(H,21,22,24). The van der Waals surface area contributed by atoms with Crippen molar-refractivity contribution in [3.8, 4) is 11.5 Å². The number of hydrogen-bond donors (Lipinski definition) is 1. The van der Waals surface area contributed by atoms with E-state index in [0.29, 0.717) is 37.1 Å². The van der Waals surface area contributed by atoms with E-state index in [1.54, 1.807) is 17.9 Å². The first-order chi connectivity index (χ1) is 13.2. The van der Waals surface area contributed by atoms with Crippen LogP contribution < -0.4 is 14.8 Å². The van der Waals surface area contributed by atoms with Gasteiger partial charge in [0.1, 0.15) is 6.61 Å². The van der Waals surface area contributed by atoms with Crippen LogP contribution in [0.4, 0.5) is 5.95 Å². The summed E-state index contributed by atoms with van der Waals surface area (Å²) in [6.45, 7) is 5.15. The molecular weight excluding hydrogens is 410 g/mol. The first-order valence-corrected chi connectivity index (χ1v) is 9.14. The summed E-state index contributed by atoms with van der Waals surface area (Å²) in [6.07, 6.45) is 1.73. The Labute approximate surface area is 166 Å². The molecule has 27 heavy (non-hydrogen) atoms. The predicted molar refractivity (Wildman–Crippen MR) is 107 cm³/mol. The molecule has 0 radical (unpaired) electrons. The summed E-state index contributed by atoms with van der Waals surface area (Å²) in [6, 6.07) is 13.9. The second kappa shape index (κ2) is 9.18. The molecule has 0 spiro atoms. The van der Waals surface area contributed by atoms with Gasteiger partial charge in [0.15, 0.2) is 11.5 Å². The zero-order chi connectivity index (χ0) is 19.1. The lowest BCUT2D eigenvalue weighted by molar-refractivity contribution is 0.281. The normalized spacial score (nSPS) is 10.4. The maximum Gasteiger partial charge on any atom is 0.243 e. The molecule has 0 saturated carbocycles. The number of halogens is 1. The average molecular weight is 430 g/mol. The van der Waals surface area contributed by atoms with Gasteiger partial charge in [-0.3, -0.25) is 0 Å². The van der Waals surface area contributed by atoms with E-state index in [0.717, 1.165) is 15.6 Å². The van der Waals surface area contributed by atoms with Gasteiger partial charge in [0, 0.05) is 16.6 Å². The quantitative estimate of drug-likeness (QED) is 0.521. The van der Waals surface area contributed by atoms with Crippen LogP contribution in [0.5, 0.6) is 11.5 Å². The molecule has 2 aromatic carbocycles. The number of hydrogen-bond acceptors (Lipinski definition) is 6. The van der Waals surface area contributed by atoms with Gasteiger partial charge in [-0.05, 0) is 28.1 Å². The molecule has 3 rings (SSSR count). The average Bonchev–Trinajstić information content (AvgIpc) is 3.13. The Balaban J connectivity index is 1.81. The van der Waals surface area contributed by atoms with Gasteiger partial charge in [-0.1, -0.05) is 57.4 Å². The molecular formula is C19H20BrN5O2. The smallest absolute Gasteiger partial charge is 0.243 e. The Bertz CT molecular complexity index is 898. The van der Waals surface area contributed by atoms with E-state index in [9.17, 15) is 0 Å². The minimum atomic E-state index is 0.444. The molecule has 140 valence electrons. The van der Waals surface area contributed by atoms with Crippen molar-refractivity contribution in [3.05, 3.63) is 70.7 Å². The molecule has 1 heterocycles. The van der Waals surface area contributed by atoms with Crippen LogP contribution in [0.15, 0.2) is 59.6 Å². The highest BCUT2D eigenvalue weighted by atomic mass is 79.9. The summed E-state index contributed by atoms with van der Waals surface area (Å²) < 4.78 is 14.1. The van der Waals surface area contributed by atoms with Gasteiger partial charge >= 0.3 is 0 Å². The third-order valence-electron chi connectivity index (χ3n) is 3.81. The molecule has 0 bridgehead atoms. The number of ether oxygens (including phenoxy) is 2. The summed E-state index contributed by atoms with van der Waals surface area (Å²) in [4.78, 5) is 0. The van der Waals surface area contributed by atoms with Crippen LogP contribution in [0, 0.1) is 0 Å². The van der Waals surface area contributed by atoms with Gasteiger partial charge in [0.2, 0.25) is 5.95 Å². The van der Waals surface area contributed by atoms with Crippen molar-refractivity contribution in [2.24, 2.45) is 0 Å². The summed E-state index contributed by atoms with van der Waals surface area (Å²) in [7, 11) is 1.62. The Morgan fingerprint density at radius 2 is 2.07 bits per heavy atom. The third kappa shape index (κ3) is 4.85. The fourth-order valence-corrected chi connectivity index (χ4v) is 3.03. The van der Waals surface area contributed by atoms with E-state index in [-0.39, 0.29) is 0 Å². The number of methoxy groups -OCH3 is 1. The van der Waals surface area contributed by atoms with Gasteiger partial charge in [0.05, 0.1) is 13.7 Å². The van der Waals surface area contributed by atoms with Crippen LogP contribution in [0.3, 0.4) is 0 Å². The highest BCUT2D eigenvalue weighted by molar-refractivity contribution is 9.10. The largest absolute Gasteiger partial charge is 0.493 e. The van der Waals surface area contributed by atoms with Gasteiger partial charge in [-0.2, -0.15) is 0 Å². The fraction of sp³-hybridized carbons (Fsp3) is 0.211. The van der Waals surface area contributed by atoms with Crippen LogP contribution in [-0.4, -0.2) is 27.3 Å². The maximum absolute atomic E-state index is 6.09. The molecule has 0 fully saturated rings. The zero-order valence-corrected chi connectivity index (χ0v) is 16.5. The second-order valence-electron chi connectivity index (χ2n) is 5.70. The van der Waals surface area contributed by atoms with Crippen molar-refractivity contribution >= 4 is 21.9 Å². The maximum atomic E-state index is 6.09. The van der Waals surface area contributed by atoms with Crippen LogP contribution in [0.1, 0.15) is 11.1 Å². The number of tetrazole rings is 1. The van der Waals surface area contributed by atoms with Crippen LogP contribution in [0.25, 0.3) is 0 Å². The molecule has 0 unspecified atom stereocenters. The fourth-order valence-electron chi connectivity index (χ4n) is 2.55. The van der Waals surface area contributed by atoms with Crippen molar-refractivity contribution in [3.63, 3.8) is 0 Å². The third-order valence-corrected chi connectivity index (χ3v) is 4.27. The molecule has 0 aliphatic rings. The molecule has 3 aromatic rings. The SMILES string of the molecule is C=CCn1nnnc1NCc1cc(Br)cc(OC)c1OCc1ccccc1. The minimum absolute atomic E-state index is 0.444. The summed E-state index contributed by atoms with van der Waals surface area (Å²) in [5.41, 5.74) is 2.00. The molecule has 0 amide bonds. The zero-order valence-electron chi connectivity index (χ0n) is 14.9. The van der Waals surface area contributed by atoms with Crippen molar-refractivity contribution in [1.82, 2.24) is 20.2 Å². The van der Waals surface area contributed by atoms with Crippen molar-refractivity contribution in [2.45, 2.75) is 19.7 Å². The molecule has 0 atom stereocenters. The van der Waals surface area contributed by atoms with Gasteiger partial charge in [-0.15, -0.1) is 6.58 Å². The topological polar surface area (TPSA) is 74.1 Å². The van der Waals surface area contributed by atoms with Crippen LogP contribution >= 0.6 is 15.9 Å². The number of rotatable bonds is 9. The molecule has 8 heteroatoms. The number of allylic oxidation sites excluding steroid dienone is 1. The summed E-state index contributed by atoms with van der Waals surface area (Å²) in [5.74, 6) is 1.89. The van der Waals surface area contributed by atoms with E-state index in [4.69, 9.17) is 9.47 Å². The highest BCUT2D eigenvalue weighted by Gasteiger charge is 2.14. The van der Waals surface area contributed by atoms with E-state index in [1.165, 1.54) is 0 Å². The first-order valence-electron chi connectivity index (χ1n) is 8.35. The van der Waals surface area contributed by atoms with Crippen molar-refractivity contribution in [1.29, 1.82) is 0 Å². The lowest BCUT2D eigenvalue weighted by atomic mass is 10.1. The van der Waals surface area contributed by atoms with E-state index >= 15 is 0 Å². The summed E-state index contributed by atoms with van der Waals surface area (Å²) in [5, 5.41) is 14.8. The number of nitrogens with one attached hydrogen (secondary N) is 1. The van der Waals surface area contributed by atoms with E-state index < -0.39 is 0 Å². The van der Waals surface area contributed by atoms with Crippen LogP contribution in [0.2, 0.25) is 0 Å². The van der Waals surface area contributed by atoms with E-state index in [1.807, 2.05) is 42.5 Å². The Morgan fingerprint density at radius 1 is 1.26 bits per heavy atom. The Morgan fingerprint density at radius 3 is 2.81 bits per heavy atom. The number of nitrogens with zero attached hydrogens (tertiary/aromatic N) is 4. The molecule has 1 N–H and O–H groups in total. The number of aromatic nitrogens is 4. The minimum Gasteiger partial charge on any atom is -0.493 e. The van der Waals surface area contributed by atoms with Crippen LogP contribution in [-0.2, 0) is 19.7 Å². The molecule has 0 saturated heterocycles. The van der Waals surface area contributed by atoms with Crippen molar-refractivity contribution < 1.29 is 9.47 Å². The Hall–Kier alpha value is -2.87. The lowest BCUT2D eigenvalue weighted by Gasteiger charge is -2.16. The number of anilines is 1. The summed E-state index contributed by atoms with van der Waals surface area (Å²) >= 11 is 3.52. The first kappa shape index (κ1) is 18.9. The van der Waals surface area contributed by atoms with E-state index in [2.05, 4.69) is 43.4 Å². The van der Waals surface area contributed by atoms with Gasteiger partial charge in [0.25, 0.3) is 0 Å². The second-order valence-corrected chi connectivity index (χ2v) is 6.61. The number of benzene rings is 2. The molecule has 0 aliphatic carbocycles. The molecule has 0 aliphatic heterocycles. The molecule has 7 nitrogen and oxygen atoms in total.